The summed E-state index contributed by atoms with van der Waals surface area (Å²) in [6.07, 6.45) is 8.43. The molecule has 0 bridgehead atoms. The summed E-state index contributed by atoms with van der Waals surface area (Å²) in [6, 6.07) is 0. The number of amides is 1. The van der Waals surface area contributed by atoms with E-state index >= 15 is 0 Å². The first-order chi connectivity index (χ1) is 7.31. The van der Waals surface area contributed by atoms with Gasteiger partial charge in [-0.25, -0.2) is 0 Å². The first kappa shape index (κ1) is 13.3. The van der Waals surface area contributed by atoms with Crippen LogP contribution in [0.5, 0.6) is 0 Å². The van der Waals surface area contributed by atoms with Gasteiger partial charge in [0.2, 0.25) is 5.91 Å². The number of nitrogens with zero attached hydrogens (tertiary/aromatic N) is 3. The van der Waals surface area contributed by atoms with Crippen LogP contribution in [-0.2, 0) is 4.79 Å². The molecule has 0 radical (unpaired) electrons. The van der Waals surface area contributed by atoms with Gasteiger partial charge in [-0.15, -0.1) is 0 Å². The van der Waals surface area contributed by atoms with Crippen LogP contribution in [0, 0.1) is 0 Å². The van der Waals surface area contributed by atoms with Crippen molar-refractivity contribution in [2.24, 2.45) is 5.11 Å². The third-order valence-electron chi connectivity index (χ3n) is 1.60. The maximum Gasteiger partial charge on any atom is 0.243 e. The highest BCUT2D eigenvalue weighted by atomic mass is 16.1. The molecule has 0 atom stereocenters. The van der Waals surface area contributed by atoms with E-state index in [1.807, 2.05) is 13.0 Å². The van der Waals surface area contributed by atoms with Gasteiger partial charge in [-0.1, -0.05) is 23.3 Å². The molecular weight excluding hydrogens is 192 g/mol. The van der Waals surface area contributed by atoms with Crippen LogP contribution in [-0.4, -0.2) is 19.0 Å². The Morgan fingerprint density at radius 3 is 2.93 bits per heavy atom. The van der Waals surface area contributed by atoms with Crippen molar-refractivity contribution in [3.05, 3.63) is 34.7 Å². The topological polar surface area (TPSA) is 77.9 Å². The fourth-order valence-corrected chi connectivity index (χ4v) is 0.877. The minimum atomic E-state index is -0.100. The van der Waals surface area contributed by atoms with E-state index < -0.39 is 0 Å². The predicted octanol–water partition coefficient (Wildman–Crippen LogP) is 2.33. The molecule has 0 saturated carbocycles. The highest BCUT2D eigenvalue weighted by Gasteiger charge is 1.92. The van der Waals surface area contributed by atoms with E-state index in [2.05, 4.69) is 15.3 Å². The molecular formula is C10H16N4O. The van der Waals surface area contributed by atoms with Gasteiger partial charge in [0.25, 0.3) is 0 Å². The molecule has 1 amide bonds. The number of nitrogens with one attached hydrogen (secondary N) is 1. The van der Waals surface area contributed by atoms with Gasteiger partial charge in [-0.2, -0.15) is 0 Å². The molecule has 0 aliphatic carbocycles. The largest absolute Gasteiger partial charge is 0.353 e. The zero-order valence-electron chi connectivity index (χ0n) is 8.89. The van der Waals surface area contributed by atoms with Crippen molar-refractivity contribution >= 4 is 5.91 Å². The molecule has 5 heteroatoms. The Labute approximate surface area is 89.5 Å². The molecule has 1 N–H and O–H groups in total. The van der Waals surface area contributed by atoms with Crippen LogP contribution in [0.15, 0.2) is 29.4 Å². The molecule has 5 nitrogen and oxygen atoms in total. The smallest absolute Gasteiger partial charge is 0.243 e. The zero-order chi connectivity index (χ0) is 11.4. The van der Waals surface area contributed by atoms with Crippen LogP contribution >= 0.6 is 0 Å². The number of unbranched alkanes of at least 4 members (excludes halogenated alkanes) is 1. The second-order valence-corrected chi connectivity index (χ2v) is 2.84. The first-order valence-electron chi connectivity index (χ1n) is 4.89. The SMILES string of the molecule is CC=CC=CC(=O)NCCCCN=[N+]=[N-]. The molecule has 0 fully saturated rings. The Morgan fingerprint density at radius 1 is 1.47 bits per heavy atom. The zero-order valence-corrected chi connectivity index (χ0v) is 8.89. The van der Waals surface area contributed by atoms with E-state index in [9.17, 15) is 4.79 Å². The van der Waals surface area contributed by atoms with E-state index in [0.717, 1.165) is 12.8 Å². The van der Waals surface area contributed by atoms with Gasteiger partial charge in [0.1, 0.15) is 0 Å². The van der Waals surface area contributed by atoms with Gasteiger partial charge in [0.15, 0.2) is 0 Å². The van der Waals surface area contributed by atoms with Crippen molar-refractivity contribution < 1.29 is 4.79 Å². The van der Waals surface area contributed by atoms with E-state index in [-0.39, 0.29) is 5.91 Å². The molecule has 0 unspecified atom stereocenters. The highest BCUT2D eigenvalue weighted by Crippen LogP contribution is 1.88. The van der Waals surface area contributed by atoms with Crippen molar-refractivity contribution in [3.63, 3.8) is 0 Å². The Bertz CT molecular complexity index is 277. The fourth-order valence-electron chi connectivity index (χ4n) is 0.877. The quantitative estimate of drug-likeness (QED) is 0.171. The van der Waals surface area contributed by atoms with Crippen LogP contribution in [0.1, 0.15) is 19.8 Å². The molecule has 0 aliphatic heterocycles. The lowest BCUT2D eigenvalue weighted by molar-refractivity contribution is -0.116. The molecule has 15 heavy (non-hydrogen) atoms. The maximum atomic E-state index is 11.1. The molecule has 0 aromatic heterocycles. The Kier molecular flexibility index (Phi) is 9.14. The lowest BCUT2D eigenvalue weighted by Gasteiger charge is -1.99. The van der Waals surface area contributed by atoms with Gasteiger partial charge in [0.05, 0.1) is 0 Å². The Hall–Kier alpha value is -1.74. The number of rotatable bonds is 7. The number of azide groups is 1. The maximum absolute atomic E-state index is 11.1. The van der Waals surface area contributed by atoms with Crippen molar-refractivity contribution in [1.82, 2.24) is 5.32 Å². The average Bonchev–Trinajstić information content (AvgIpc) is 2.23. The summed E-state index contributed by atoms with van der Waals surface area (Å²) in [5, 5.41) is 6.12. The van der Waals surface area contributed by atoms with Crippen LogP contribution in [0.3, 0.4) is 0 Å². The Morgan fingerprint density at radius 2 is 2.27 bits per heavy atom. The van der Waals surface area contributed by atoms with Crippen molar-refractivity contribution in [1.29, 1.82) is 0 Å². The van der Waals surface area contributed by atoms with E-state index in [0.29, 0.717) is 13.1 Å². The second kappa shape index (κ2) is 10.3. The van der Waals surface area contributed by atoms with Crippen LogP contribution in [0.2, 0.25) is 0 Å². The summed E-state index contributed by atoms with van der Waals surface area (Å²) in [6.45, 7) is 2.98. The number of hydrogen-bond donors (Lipinski definition) is 1. The number of allylic oxidation sites excluding steroid dienone is 3. The number of hydrogen-bond acceptors (Lipinski definition) is 2. The Balaban J connectivity index is 3.42. The van der Waals surface area contributed by atoms with Gasteiger partial charge >= 0.3 is 0 Å². The normalized spacial score (nSPS) is 10.5. The lowest BCUT2D eigenvalue weighted by atomic mass is 10.3. The van der Waals surface area contributed by atoms with E-state index in [4.69, 9.17) is 5.53 Å². The summed E-state index contributed by atoms with van der Waals surface area (Å²) in [5.41, 5.74) is 8.00. The van der Waals surface area contributed by atoms with Crippen LogP contribution in [0.4, 0.5) is 0 Å². The molecule has 0 aliphatic rings. The van der Waals surface area contributed by atoms with Crippen molar-refractivity contribution in [2.75, 3.05) is 13.1 Å². The summed E-state index contributed by atoms with van der Waals surface area (Å²) >= 11 is 0. The van der Waals surface area contributed by atoms with Crippen LogP contribution < -0.4 is 5.32 Å². The monoisotopic (exact) mass is 208 g/mol. The molecule has 0 aromatic rings. The van der Waals surface area contributed by atoms with Crippen LogP contribution in [0.25, 0.3) is 10.4 Å². The molecule has 0 heterocycles. The standard InChI is InChI=1S/C10H16N4O/c1-2-3-4-7-10(15)12-8-5-6-9-13-14-11/h2-4,7H,5-6,8-9H2,1H3,(H,12,15). The summed E-state index contributed by atoms with van der Waals surface area (Å²) < 4.78 is 0. The van der Waals surface area contributed by atoms with Gasteiger partial charge in [-0.05, 0) is 25.3 Å². The van der Waals surface area contributed by atoms with Gasteiger partial charge < -0.3 is 5.32 Å². The third-order valence-corrected chi connectivity index (χ3v) is 1.60. The second-order valence-electron chi connectivity index (χ2n) is 2.84. The minimum Gasteiger partial charge on any atom is -0.353 e. The number of carbonyl (C=O) groups excluding carboxylic acids is 1. The minimum absolute atomic E-state index is 0.100. The molecule has 0 aromatic carbocycles. The predicted molar refractivity (Wildman–Crippen MR) is 60.2 cm³/mol. The summed E-state index contributed by atoms with van der Waals surface area (Å²) in [5.74, 6) is -0.100. The first-order valence-corrected chi connectivity index (χ1v) is 4.89. The lowest BCUT2D eigenvalue weighted by Crippen LogP contribution is -2.22. The summed E-state index contributed by atoms with van der Waals surface area (Å²) in [4.78, 5) is 13.7. The molecule has 82 valence electrons. The highest BCUT2D eigenvalue weighted by molar-refractivity contribution is 5.87. The fraction of sp³-hybridized carbons (Fsp3) is 0.500. The van der Waals surface area contributed by atoms with E-state index in [1.54, 1.807) is 12.2 Å². The van der Waals surface area contributed by atoms with Gasteiger partial charge in [-0.3, -0.25) is 4.79 Å². The van der Waals surface area contributed by atoms with Crippen molar-refractivity contribution in [2.45, 2.75) is 19.8 Å². The van der Waals surface area contributed by atoms with E-state index in [1.165, 1.54) is 6.08 Å². The van der Waals surface area contributed by atoms with Gasteiger partial charge in [0, 0.05) is 24.1 Å². The molecule has 0 rings (SSSR count). The van der Waals surface area contributed by atoms with Crippen molar-refractivity contribution in [3.8, 4) is 0 Å². The third kappa shape index (κ3) is 10.2. The average molecular weight is 208 g/mol. The molecule has 0 spiro atoms. The number of carbonyl (C=O) groups is 1. The summed E-state index contributed by atoms with van der Waals surface area (Å²) in [7, 11) is 0. The molecule has 0 saturated heterocycles.